The largest absolute Gasteiger partial charge is 0.393 e. The molecular weight excluding hydrogens is 484 g/mol. The monoisotopic (exact) mass is 516 g/mol. The van der Waals surface area contributed by atoms with Gasteiger partial charge >= 0.3 is 0 Å². The number of aromatic nitrogens is 2. The molecule has 0 aliphatic rings. The van der Waals surface area contributed by atoms with Crippen molar-refractivity contribution in [2.24, 2.45) is 0 Å². The lowest BCUT2D eigenvalue weighted by molar-refractivity contribution is 0.445. The number of benzene rings is 3. The van der Waals surface area contributed by atoms with E-state index in [9.17, 15) is 8.42 Å². The Morgan fingerprint density at radius 3 is 1.84 bits per heavy atom. The molecule has 9 heteroatoms. The third kappa shape index (κ3) is 6.25. The number of nitrogens with two attached hydrogens (primary N) is 1. The van der Waals surface area contributed by atoms with Gasteiger partial charge in [0.05, 0.1) is 4.90 Å². The molecule has 0 radical (unpaired) electrons. The van der Waals surface area contributed by atoms with E-state index in [-0.39, 0.29) is 4.90 Å². The molecule has 1 aromatic heterocycles. The first-order chi connectivity index (χ1) is 17.9. The van der Waals surface area contributed by atoms with Crippen molar-refractivity contribution < 1.29 is 8.42 Å². The Morgan fingerprint density at radius 2 is 1.32 bits per heavy atom. The summed E-state index contributed by atoms with van der Waals surface area (Å²) in [7, 11) is -3.53. The summed E-state index contributed by atoms with van der Waals surface area (Å²) in [6.45, 7) is 5.72. The third-order valence-corrected chi connectivity index (χ3v) is 8.12. The number of nitrogen functional groups attached to an aromatic ring is 1. The zero-order valence-electron chi connectivity index (χ0n) is 21.1. The average molecular weight is 517 g/mol. The van der Waals surface area contributed by atoms with Crippen LogP contribution >= 0.6 is 0 Å². The number of hydrogen-bond acceptors (Lipinski definition) is 7. The number of rotatable bonds is 11. The van der Waals surface area contributed by atoms with E-state index in [0.29, 0.717) is 49.2 Å². The van der Waals surface area contributed by atoms with Gasteiger partial charge in [0.2, 0.25) is 10.0 Å². The lowest BCUT2D eigenvalue weighted by Crippen LogP contribution is -2.30. The zero-order chi connectivity index (χ0) is 26.3. The number of nitrogens with zero attached hydrogens (tertiary/aromatic N) is 4. The highest BCUT2D eigenvalue weighted by molar-refractivity contribution is 7.89. The Morgan fingerprint density at radius 1 is 0.784 bits per heavy atom. The molecule has 0 atom stereocenters. The smallest absolute Gasteiger partial charge is 0.243 e. The maximum Gasteiger partial charge on any atom is 0.243 e. The fourth-order valence-electron chi connectivity index (χ4n) is 4.11. The number of nitrogens with one attached hydrogen (secondary N) is 1. The molecule has 0 fully saturated rings. The first-order valence-corrected chi connectivity index (χ1v) is 13.7. The van der Waals surface area contributed by atoms with Gasteiger partial charge in [-0.3, -0.25) is 0 Å². The standard InChI is InChI=1S/C28H32N6O2S/c1-3-34(4-2)37(35,36)25-17-15-24(16-18-25)32-27-26(29)28(31-21-30-27)33(19-22-11-7-5-8-12-22)20-23-13-9-6-10-14-23/h5-18,21H,3-4,19-20,29H2,1-2H3,(H,30,31,32). The van der Waals surface area contributed by atoms with Crippen LogP contribution in [0.25, 0.3) is 0 Å². The summed E-state index contributed by atoms with van der Waals surface area (Å²) < 4.78 is 27.0. The lowest BCUT2D eigenvalue weighted by Gasteiger charge is -2.26. The van der Waals surface area contributed by atoms with Crippen molar-refractivity contribution in [3.63, 3.8) is 0 Å². The first-order valence-electron chi connectivity index (χ1n) is 12.2. The molecule has 192 valence electrons. The Labute approximate surface area is 218 Å². The second kappa shape index (κ2) is 11.9. The van der Waals surface area contributed by atoms with Crippen molar-refractivity contribution in [3.8, 4) is 0 Å². The van der Waals surface area contributed by atoms with Gasteiger partial charge < -0.3 is 16.0 Å². The van der Waals surface area contributed by atoms with E-state index in [4.69, 9.17) is 5.73 Å². The summed E-state index contributed by atoms with van der Waals surface area (Å²) >= 11 is 0. The molecule has 1 heterocycles. The van der Waals surface area contributed by atoms with Crippen LogP contribution in [0.5, 0.6) is 0 Å². The van der Waals surface area contributed by atoms with Crippen LogP contribution in [0.4, 0.5) is 23.0 Å². The molecule has 0 amide bonds. The molecule has 0 aliphatic carbocycles. The fourth-order valence-corrected chi connectivity index (χ4v) is 5.57. The van der Waals surface area contributed by atoms with Crippen LogP contribution in [-0.4, -0.2) is 35.8 Å². The molecule has 0 saturated heterocycles. The van der Waals surface area contributed by atoms with Crippen LogP contribution in [0.15, 0.2) is 96.2 Å². The maximum absolute atomic E-state index is 12.8. The molecule has 0 bridgehead atoms. The Hall–Kier alpha value is -3.95. The topological polar surface area (TPSA) is 104 Å². The van der Waals surface area contributed by atoms with Crippen molar-refractivity contribution in [2.45, 2.75) is 31.8 Å². The zero-order valence-corrected chi connectivity index (χ0v) is 21.9. The molecule has 37 heavy (non-hydrogen) atoms. The lowest BCUT2D eigenvalue weighted by atomic mass is 10.1. The minimum atomic E-state index is -3.53. The minimum Gasteiger partial charge on any atom is -0.393 e. The second-order valence-electron chi connectivity index (χ2n) is 8.53. The van der Waals surface area contributed by atoms with Crippen molar-refractivity contribution in [1.29, 1.82) is 0 Å². The number of anilines is 4. The predicted octanol–water partition coefficient (Wildman–Crippen LogP) is 5.04. The summed E-state index contributed by atoms with van der Waals surface area (Å²) in [5.74, 6) is 1.07. The SMILES string of the molecule is CCN(CC)S(=O)(=O)c1ccc(Nc2ncnc(N(Cc3ccccc3)Cc3ccccc3)c2N)cc1. The average Bonchev–Trinajstić information content (AvgIpc) is 2.91. The van der Waals surface area contributed by atoms with Crippen molar-refractivity contribution >= 4 is 33.0 Å². The highest BCUT2D eigenvalue weighted by atomic mass is 32.2. The Balaban J connectivity index is 1.60. The van der Waals surface area contributed by atoms with Gasteiger partial charge in [-0.25, -0.2) is 18.4 Å². The van der Waals surface area contributed by atoms with Gasteiger partial charge in [0.15, 0.2) is 11.6 Å². The predicted molar refractivity (Wildman–Crippen MR) is 149 cm³/mol. The highest BCUT2D eigenvalue weighted by Crippen LogP contribution is 2.31. The van der Waals surface area contributed by atoms with Gasteiger partial charge in [-0.1, -0.05) is 74.5 Å². The molecule has 3 N–H and O–H groups in total. The maximum atomic E-state index is 12.8. The molecule has 0 unspecified atom stereocenters. The van der Waals surface area contributed by atoms with Crippen LogP contribution in [0, 0.1) is 0 Å². The van der Waals surface area contributed by atoms with Crippen LogP contribution < -0.4 is 16.0 Å². The quantitative estimate of drug-likeness (QED) is 0.288. The van der Waals surface area contributed by atoms with E-state index >= 15 is 0 Å². The van der Waals surface area contributed by atoms with Crippen molar-refractivity contribution in [1.82, 2.24) is 14.3 Å². The number of sulfonamides is 1. The molecule has 0 saturated carbocycles. The summed E-state index contributed by atoms with van der Waals surface area (Å²) in [6, 6.07) is 26.9. The summed E-state index contributed by atoms with van der Waals surface area (Å²) in [5, 5.41) is 3.22. The van der Waals surface area contributed by atoms with Gasteiger partial charge in [0.1, 0.15) is 12.0 Å². The second-order valence-corrected chi connectivity index (χ2v) is 10.5. The molecule has 4 aromatic rings. The van der Waals surface area contributed by atoms with E-state index in [1.807, 2.05) is 50.2 Å². The summed E-state index contributed by atoms with van der Waals surface area (Å²) in [6.07, 6.45) is 1.48. The van der Waals surface area contributed by atoms with Crippen LogP contribution in [0.3, 0.4) is 0 Å². The highest BCUT2D eigenvalue weighted by Gasteiger charge is 2.21. The van der Waals surface area contributed by atoms with E-state index < -0.39 is 10.0 Å². The van der Waals surface area contributed by atoms with Gasteiger partial charge in [0.25, 0.3) is 0 Å². The van der Waals surface area contributed by atoms with Gasteiger partial charge in [-0.2, -0.15) is 4.31 Å². The van der Waals surface area contributed by atoms with E-state index in [0.717, 1.165) is 11.1 Å². The Kier molecular flexibility index (Phi) is 8.37. The molecule has 4 rings (SSSR count). The van der Waals surface area contributed by atoms with Crippen molar-refractivity contribution in [3.05, 3.63) is 102 Å². The summed E-state index contributed by atoms with van der Waals surface area (Å²) in [5.41, 5.74) is 9.94. The molecule has 0 spiro atoms. The van der Waals surface area contributed by atoms with Crippen molar-refractivity contribution in [2.75, 3.05) is 29.0 Å². The normalized spacial score (nSPS) is 11.4. The minimum absolute atomic E-state index is 0.245. The molecular formula is C28H32N6O2S. The number of hydrogen-bond donors (Lipinski definition) is 2. The summed E-state index contributed by atoms with van der Waals surface area (Å²) in [4.78, 5) is 11.2. The van der Waals surface area contributed by atoms with Crippen LogP contribution in [0.2, 0.25) is 0 Å². The molecule has 8 nitrogen and oxygen atoms in total. The first kappa shape index (κ1) is 26.1. The third-order valence-electron chi connectivity index (χ3n) is 6.06. The van der Waals surface area contributed by atoms with E-state index in [2.05, 4.69) is 44.5 Å². The Bertz CT molecular complexity index is 1350. The molecule has 0 aliphatic heterocycles. The van der Waals surface area contributed by atoms with E-state index in [1.54, 1.807) is 24.3 Å². The van der Waals surface area contributed by atoms with Gasteiger partial charge in [-0.05, 0) is 35.4 Å². The van der Waals surface area contributed by atoms with Gasteiger partial charge in [0, 0.05) is 31.9 Å². The van der Waals surface area contributed by atoms with Gasteiger partial charge in [-0.15, -0.1) is 0 Å². The van der Waals surface area contributed by atoms with Crippen LogP contribution in [-0.2, 0) is 23.1 Å². The van der Waals surface area contributed by atoms with Crippen LogP contribution in [0.1, 0.15) is 25.0 Å². The fraction of sp³-hybridized carbons (Fsp3) is 0.214. The van der Waals surface area contributed by atoms with E-state index in [1.165, 1.54) is 10.6 Å². The molecule has 3 aromatic carbocycles.